The highest BCUT2D eigenvalue weighted by Gasteiger charge is 2.25. The fourth-order valence-electron chi connectivity index (χ4n) is 3.36. The number of anilines is 1. The highest BCUT2D eigenvalue weighted by atomic mass is 35.5. The molecule has 0 aliphatic rings. The van der Waals surface area contributed by atoms with E-state index in [2.05, 4.69) is 10.3 Å². The minimum absolute atomic E-state index is 0.154. The normalized spacial score (nSPS) is 12.1. The summed E-state index contributed by atoms with van der Waals surface area (Å²) in [5.41, 5.74) is 2.71. The molecule has 5 nitrogen and oxygen atoms in total. The van der Waals surface area contributed by atoms with E-state index in [9.17, 15) is 9.18 Å². The van der Waals surface area contributed by atoms with Gasteiger partial charge in [-0.1, -0.05) is 54.6 Å². The number of aromatic nitrogens is 3. The molecular weight excluding hydrogens is 435 g/mol. The van der Waals surface area contributed by atoms with Gasteiger partial charge in [-0.15, -0.1) is 0 Å². The molecule has 0 unspecified atom stereocenters. The number of thioether (sulfide) groups is 1. The van der Waals surface area contributed by atoms with Crippen molar-refractivity contribution in [2.24, 2.45) is 0 Å². The number of nitrogens with zero attached hydrogens (tertiary/aromatic N) is 3. The Morgan fingerprint density at radius 1 is 1.23 bits per heavy atom. The Hall–Kier alpha value is -2.90. The topological polar surface area (TPSA) is 59.8 Å². The third-order valence-electron chi connectivity index (χ3n) is 4.85. The van der Waals surface area contributed by atoms with Crippen molar-refractivity contribution in [3.8, 4) is 0 Å². The number of benzene rings is 2. The first-order chi connectivity index (χ1) is 15.1. The Morgan fingerprint density at radius 3 is 2.84 bits per heavy atom. The lowest BCUT2D eigenvalue weighted by Crippen LogP contribution is -2.26. The molecule has 0 radical (unpaired) electrons. The number of para-hydroxylation sites is 1. The van der Waals surface area contributed by atoms with Gasteiger partial charge in [0, 0.05) is 17.0 Å². The van der Waals surface area contributed by atoms with Gasteiger partial charge in [0.1, 0.15) is 11.9 Å². The van der Waals surface area contributed by atoms with Crippen molar-refractivity contribution in [3.05, 3.63) is 83.4 Å². The molecule has 0 aliphatic heterocycles. The molecule has 2 heterocycles. The summed E-state index contributed by atoms with van der Waals surface area (Å²) in [5, 5.41) is 4.08. The van der Waals surface area contributed by atoms with Crippen LogP contribution in [0.2, 0.25) is 5.02 Å². The van der Waals surface area contributed by atoms with Crippen molar-refractivity contribution in [2.45, 2.75) is 30.3 Å². The molecular formula is C23H20ClFN4OS. The van der Waals surface area contributed by atoms with E-state index >= 15 is 0 Å². The fraction of sp³-hybridized carbons (Fsp3) is 0.174. The second kappa shape index (κ2) is 9.49. The third kappa shape index (κ3) is 4.73. The molecule has 0 fully saturated rings. The largest absolute Gasteiger partial charge is 0.322 e. The zero-order valence-electron chi connectivity index (χ0n) is 16.8. The predicted molar refractivity (Wildman–Crippen MR) is 123 cm³/mol. The summed E-state index contributed by atoms with van der Waals surface area (Å²) in [6.07, 6.45) is 3.88. The molecule has 0 saturated heterocycles. The number of rotatable bonds is 7. The average molecular weight is 455 g/mol. The number of halogens is 2. The van der Waals surface area contributed by atoms with Crippen LogP contribution in [-0.4, -0.2) is 20.4 Å². The molecule has 4 rings (SSSR count). The number of fused-ring (bicyclic) bond motifs is 1. The second-order valence-electron chi connectivity index (χ2n) is 6.94. The van der Waals surface area contributed by atoms with Crippen LogP contribution in [-0.2, 0) is 10.5 Å². The molecule has 0 bridgehead atoms. The zero-order valence-corrected chi connectivity index (χ0v) is 18.3. The maximum atomic E-state index is 14.1. The van der Waals surface area contributed by atoms with Crippen molar-refractivity contribution in [2.75, 3.05) is 5.32 Å². The van der Waals surface area contributed by atoms with Crippen LogP contribution in [0.25, 0.3) is 11.0 Å². The molecule has 4 aromatic rings. The number of carbonyl (C=O) groups excluding carboxylic acids is 1. The number of hydrogen-bond donors (Lipinski definition) is 1. The van der Waals surface area contributed by atoms with Gasteiger partial charge in [0.2, 0.25) is 5.91 Å². The molecule has 1 N–H and O–H groups in total. The first-order valence-corrected chi connectivity index (χ1v) is 11.2. The Kier molecular flexibility index (Phi) is 6.53. The quantitative estimate of drug-likeness (QED) is 0.342. The summed E-state index contributed by atoms with van der Waals surface area (Å²) in [5.74, 6) is -0.137. The molecule has 2 aromatic carbocycles. The van der Waals surface area contributed by atoms with Gasteiger partial charge in [-0.25, -0.2) is 9.37 Å². The van der Waals surface area contributed by atoms with Crippen LogP contribution in [0.4, 0.5) is 10.1 Å². The monoisotopic (exact) mass is 454 g/mol. The molecule has 2 aromatic heterocycles. The average Bonchev–Trinajstić information content (AvgIpc) is 3.13. The van der Waals surface area contributed by atoms with Gasteiger partial charge in [0.15, 0.2) is 5.16 Å². The summed E-state index contributed by atoms with van der Waals surface area (Å²) >= 11 is 7.62. The van der Waals surface area contributed by atoms with Crippen molar-refractivity contribution in [3.63, 3.8) is 0 Å². The number of carbonyl (C=O) groups is 1. The Labute approximate surface area is 188 Å². The number of amides is 1. The lowest BCUT2D eigenvalue weighted by atomic mass is 10.2. The predicted octanol–water partition coefficient (Wildman–Crippen LogP) is 6.11. The van der Waals surface area contributed by atoms with Crippen LogP contribution in [0.5, 0.6) is 0 Å². The molecule has 0 aliphatic carbocycles. The maximum Gasteiger partial charge on any atom is 0.247 e. The van der Waals surface area contributed by atoms with Gasteiger partial charge in [0.25, 0.3) is 0 Å². The SMILES string of the molecule is CC[C@@H](C(=O)Nc1ccccc1F)n1c(SCc2cccc(Cl)c2)nc2ccncc21. The summed E-state index contributed by atoms with van der Waals surface area (Å²) in [6, 6.07) is 15.0. The Morgan fingerprint density at radius 2 is 2.06 bits per heavy atom. The minimum atomic E-state index is -0.573. The van der Waals surface area contributed by atoms with Crippen molar-refractivity contribution in [1.29, 1.82) is 0 Å². The van der Waals surface area contributed by atoms with E-state index in [0.717, 1.165) is 16.6 Å². The maximum absolute atomic E-state index is 14.1. The molecule has 158 valence electrons. The van der Waals surface area contributed by atoms with Crippen LogP contribution < -0.4 is 5.32 Å². The van der Waals surface area contributed by atoms with Gasteiger partial charge in [-0.05, 0) is 42.3 Å². The van der Waals surface area contributed by atoms with Crippen LogP contribution in [0.3, 0.4) is 0 Å². The van der Waals surface area contributed by atoms with E-state index in [-0.39, 0.29) is 11.6 Å². The summed E-state index contributed by atoms with van der Waals surface area (Å²) in [7, 11) is 0. The van der Waals surface area contributed by atoms with Crippen LogP contribution in [0.1, 0.15) is 24.9 Å². The van der Waals surface area contributed by atoms with Gasteiger partial charge in [-0.2, -0.15) is 0 Å². The van der Waals surface area contributed by atoms with E-state index in [1.165, 1.54) is 17.8 Å². The lowest BCUT2D eigenvalue weighted by Gasteiger charge is -2.20. The Bertz CT molecular complexity index is 1230. The molecule has 0 saturated carbocycles. The molecule has 1 atom stereocenters. The zero-order chi connectivity index (χ0) is 21.8. The molecule has 8 heteroatoms. The highest BCUT2D eigenvalue weighted by molar-refractivity contribution is 7.98. The smallest absolute Gasteiger partial charge is 0.247 e. The van der Waals surface area contributed by atoms with Crippen LogP contribution >= 0.6 is 23.4 Å². The minimum Gasteiger partial charge on any atom is -0.322 e. The van der Waals surface area contributed by atoms with E-state index in [1.54, 1.807) is 30.6 Å². The fourth-order valence-corrected chi connectivity index (χ4v) is 4.58. The van der Waals surface area contributed by atoms with Gasteiger partial charge >= 0.3 is 0 Å². The van der Waals surface area contributed by atoms with E-state index in [0.29, 0.717) is 22.4 Å². The Balaban J connectivity index is 1.67. The van der Waals surface area contributed by atoms with Crippen molar-refractivity contribution >= 4 is 46.0 Å². The summed E-state index contributed by atoms with van der Waals surface area (Å²) in [4.78, 5) is 22.1. The number of pyridine rings is 1. The highest BCUT2D eigenvalue weighted by Crippen LogP contribution is 2.32. The number of imidazole rings is 1. The molecule has 0 spiro atoms. The first kappa shape index (κ1) is 21.3. The van der Waals surface area contributed by atoms with E-state index in [4.69, 9.17) is 16.6 Å². The molecule has 31 heavy (non-hydrogen) atoms. The number of hydrogen-bond acceptors (Lipinski definition) is 4. The van der Waals surface area contributed by atoms with E-state index < -0.39 is 11.9 Å². The lowest BCUT2D eigenvalue weighted by molar-refractivity contribution is -0.119. The van der Waals surface area contributed by atoms with E-state index in [1.807, 2.05) is 41.8 Å². The molecule has 1 amide bonds. The van der Waals surface area contributed by atoms with Crippen molar-refractivity contribution < 1.29 is 9.18 Å². The number of nitrogens with one attached hydrogen (secondary N) is 1. The first-order valence-electron chi connectivity index (χ1n) is 9.81. The van der Waals surface area contributed by atoms with Crippen molar-refractivity contribution in [1.82, 2.24) is 14.5 Å². The summed E-state index contributed by atoms with van der Waals surface area (Å²) < 4.78 is 16.0. The van der Waals surface area contributed by atoms with Crippen LogP contribution in [0.15, 0.2) is 72.1 Å². The summed E-state index contributed by atoms with van der Waals surface area (Å²) in [6.45, 7) is 1.92. The van der Waals surface area contributed by atoms with Gasteiger partial charge < -0.3 is 9.88 Å². The third-order valence-corrected chi connectivity index (χ3v) is 6.11. The second-order valence-corrected chi connectivity index (χ2v) is 8.32. The van der Waals surface area contributed by atoms with Crippen LogP contribution in [0, 0.1) is 5.82 Å². The van der Waals surface area contributed by atoms with Gasteiger partial charge in [-0.3, -0.25) is 9.78 Å². The standard InChI is InChI=1S/C23H20ClFN4OS/c1-2-20(22(30)27-18-9-4-3-8-17(18)25)29-21-13-26-11-10-19(21)28-23(29)31-14-15-6-5-7-16(24)12-15/h3-13,20H,2,14H2,1H3,(H,27,30)/t20-/m0/s1. The van der Waals surface area contributed by atoms with Gasteiger partial charge in [0.05, 0.1) is 22.9 Å².